The highest BCUT2D eigenvalue weighted by Crippen LogP contribution is 2.28. The molecule has 1 aromatic rings. The second-order valence-corrected chi connectivity index (χ2v) is 9.17. The average Bonchev–Trinajstić information content (AvgIpc) is 3.06. The Morgan fingerprint density at radius 3 is 2.21 bits per heavy atom. The lowest BCUT2D eigenvalue weighted by Crippen LogP contribution is -2.60. The van der Waals surface area contributed by atoms with Gasteiger partial charge in [0.2, 0.25) is 11.8 Å². The summed E-state index contributed by atoms with van der Waals surface area (Å²) in [4.78, 5) is 30.1. The van der Waals surface area contributed by atoms with E-state index in [9.17, 15) is 9.59 Å². The van der Waals surface area contributed by atoms with Crippen LogP contribution >= 0.6 is 0 Å². The van der Waals surface area contributed by atoms with Crippen molar-refractivity contribution in [2.24, 2.45) is 11.8 Å². The molecule has 1 aliphatic carbocycles. The molecule has 0 saturated carbocycles. The fraction of sp³-hybridized carbons (Fsp3) is 0.652. The van der Waals surface area contributed by atoms with Crippen molar-refractivity contribution in [1.82, 2.24) is 15.1 Å². The molecule has 0 aromatic heterocycles. The standard InChI is InChI=1S/C23H35N3O2/c1-16(2)14-25(15-17(3)4)22(27)13-21-23(28)24-9-10-26(21)20-11-18-7-5-6-8-19(18)12-20/h5-8,16-17,20-21H,9-15H2,1-4H3,(H,24,28)/t21-/m1/s1. The zero-order chi connectivity index (χ0) is 20.3. The van der Waals surface area contributed by atoms with Gasteiger partial charge in [-0.2, -0.15) is 0 Å². The molecule has 1 heterocycles. The Morgan fingerprint density at radius 2 is 1.68 bits per heavy atom. The summed E-state index contributed by atoms with van der Waals surface area (Å²) in [6.07, 6.45) is 2.21. The summed E-state index contributed by atoms with van der Waals surface area (Å²) in [5.41, 5.74) is 2.76. The van der Waals surface area contributed by atoms with Crippen molar-refractivity contribution in [2.45, 2.75) is 59.0 Å². The summed E-state index contributed by atoms with van der Waals surface area (Å²) in [7, 11) is 0. The third-order valence-electron chi connectivity index (χ3n) is 5.76. The molecule has 0 radical (unpaired) electrons. The van der Waals surface area contributed by atoms with Crippen molar-refractivity contribution in [3.05, 3.63) is 35.4 Å². The quantitative estimate of drug-likeness (QED) is 0.785. The largest absolute Gasteiger partial charge is 0.353 e. The number of benzene rings is 1. The number of fused-ring (bicyclic) bond motifs is 1. The van der Waals surface area contributed by atoms with Crippen LogP contribution in [0.4, 0.5) is 0 Å². The number of piperazine rings is 1. The van der Waals surface area contributed by atoms with Gasteiger partial charge in [0.1, 0.15) is 0 Å². The molecule has 5 nitrogen and oxygen atoms in total. The van der Waals surface area contributed by atoms with Crippen molar-refractivity contribution >= 4 is 11.8 Å². The van der Waals surface area contributed by atoms with Gasteiger partial charge in [0.25, 0.3) is 0 Å². The van der Waals surface area contributed by atoms with Gasteiger partial charge in [-0.3, -0.25) is 14.5 Å². The minimum Gasteiger partial charge on any atom is -0.353 e. The number of rotatable bonds is 7. The molecule has 0 bridgehead atoms. The summed E-state index contributed by atoms with van der Waals surface area (Å²) >= 11 is 0. The number of amides is 2. The zero-order valence-electron chi connectivity index (χ0n) is 17.8. The summed E-state index contributed by atoms with van der Waals surface area (Å²) in [5, 5.41) is 2.98. The van der Waals surface area contributed by atoms with Crippen molar-refractivity contribution < 1.29 is 9.59 Å². The van der Waals surface area contributed by atoms with Crippen LogP contribution in [0.3, 0.4) is 0 Å². The predicted molar refractivity (Wildman–Crippen MR) is 112 cm³/mol. The molecule has 5 heteroatoms. The predicted octanol–water partition coefficient (Wildman–Crippen LogP) is 2.48. The Labute approximate surface area is 169 Å². The highest BCUT2D eigenvalue weighted by molar-refractivity contribution is 5.89. The zero-order valence-corrected chi connectivity index (χ0v) is 17.8. The molecule has 2 aliphatic rings. The van der Waals surface area contributed by atoms with Crippen molar-refractivity contribution in [2.75, 3.05) is 26.2 Å². The molecule has 0 unspecified atom stereocenters. The van der Waals surface area contributed by atoms with E-state index in [1.54, 1.807) is 0 Å². The van der Waals surface area contributed by atoms with Crippen molar-refractivity contribution in [3.8, 4) is 0 Å². The Balaban J connectivity index is 1.72. The van der Waals surface area contributed by atoms with Gasteiger partial charge in [0.05, 0.1) is 12.5 Å². The van der Waals surface area contributed by atoms with Gasteiger partial charge in [0.15, 0.2) is 0 Å². The monoisotopic (exact) mass is 385 g/mol. The summed E-state index contributed by atoms with van der Waals surface area (Å²) in [5.74, 6) is 0.946. The van der Waals surface area contributed by atoms with Crippen LogP contribution in [0, 0.1) is 11.8 Å². The first-order valence-corrected chi connectivity index (χ1v) is 10.7. The van der Waals surface area contributed by atoms with E-state index in [1.807, 2.05) is 4.90 Å². The van der Waals surface area contributed by atoms with Gasteiger partial charge in [0, 0.05) is 32.2 Å². The molecule has 3 rings (SSSR count). The fourth-order valence-corrected chi connectivity index (χ4v) is 4.60. The first-order valence-electron chi connectivity index (χ1n) is 10.7. The molecule has 0 spiro atoms. The second kappa shape index (κ2) is 9.08. The van der Waals surface area contributed by atoms with E-state index in [4.69, 9.17) is 0 Å². The van der Waals surface area contributed by atoms with Crippen molar-refractivity contribution in [1.29, 1.82) is 0 Å². The third kappa shape index (κ3) is 4.93. The topological polar surface area (TPSA) is 52.7 Å². The number of nitrogens with one attached hydrogen (secondary N) is 1. The maximum atomic E-state index is 13.1. The number of hydrogen-bond donors (Lipinski definition) is 1. The lowest BCUT2D eigenvalue weighted by molar-refractivity contribution is -0.140. The Morgan fingerprint density at radius 1 is 1.11 bits per heavy atom. The molecule has 28 heavy (non-hydrogen) atoms. The van der Waals surface area contributed by atoms with Gasteiger partial charge >= 0.3 is 0 Å². The van der Waals surface area contributed by atoms with Crippen LogP contribution in [0.25, 0.3) is 0 Å². The third-order valence-corrected chi connectivity index (χ3v) is 5.76. The Hall–Kier alpha value is -1.88. The fourth-order valence-electron chi connectivity index (χ4n) is 4.60. The first kappa shape index (κ1) is 20.8. The maximum Gasteiger partial charge on any atom is 0.237 e. The molecule has 1 N–H and O–H groups in total. The molecule has 2 amide bonds. The first-order chi connectivity index (χ1) is 13.3. The van der Waals surface area contributed by atoms with E-state index in [0.717, 1.165) is 32.5 Å². The minimum atomic E-state index is -0.359. The van der Waals surface area contributed by atoms with Crippen LogP contribution in [0.2, 0.25) is 0 Å². The molecule has 1 saturated heterocycles. The van der Waals surface area contributed by atoms with Crippen LogP contribution < -0.4 is 5.32 Å². The van der Waals surface area contributed by atoms with Crippen LogP contribution in [0.5, 0.6) is 0 Å². The molecular weight excluding hydrogens is 350 g/mol. The van der Waals surface area contributed by atoms with Gasteiger partial charge in [-0.25, -0.2) is 0 Å². The minimum absolute atomic E-state index is 0.00426. The summed E-state index contributed by atoms with van der Waals surface area (Å²) in [6.45, 7) is 11.5. The maximum absolute atomic E-state index is 13.1. The molecule has 1 fully saturated rings. The number of nitrogens with zero attached hydrogens (tertiary/aromatic N) is 2. The van der Waals surface area contributed by atoms with E-state index in [2.05, 4.69) is 62.2 Å². The molecule has 154 valence electrons. The smallest absolute Gasteiger partial charge is 0.237 e. The van der Waals surface area contributed by atoms with E-state index < -0.39 is 0 Å². The number of carbonyl (C=O) groups is 2. The second-order valence-electron chi connectivity index (χ2n) is 9.17. The van der Waals surface area contributed by atoms with Gasteiger partial charge in [-0.1, -0.05) is 52.0 Å². The van der Waals surface area contributed by atoms with Gasteiger partial charge in [-0.05, 0) is 35.8 Å². The summed E-state index contributed by atoms with van der Waals surface area (Å²) < 4.78 is 0. The Bertz CT molecular complexity index is 666. The molecule has 1 aromatic carbocycles. The van der Waals surface area contributed by atoms with Gasteiger partial charge in [-0.15, -0.1) is 0 Å². The van der Waals surface area contributed by atoms with Crippen LogP contribution in [0.15, 0.2) is 24.3 Å². The lowest BCUT2D eigenvalue weighted by Gasteiger charge is -2.39. The van der Waals surface area contributed by atoms with E-state index in [-0.39, 0.29) is 24.3 Å². The molecular formula is C23H35N3O2. The number of hydrogen-bond acceptors (Lipinski definition) is 3. The van der Waals surface area contributed by atoms with Crippen molar-refractivity contribution in [3.63, 3.8) is 0 Å². The van der Waals surface area contributed by atoms with E-state index in [1.165, 1.54) is 11.1 Å². The highest BCUT2D eigenvalue weighted by Gasteiger charge is 2.38. The van der Waals surface area contributed by atoms with Crippen LogP contribution in [-0.2, 0) is 22.4 Å². The van der Waals surface area contributed by atoms with E-state index >= 15 is 0 Å². The Kier molecular flexibility index (Phi) is 6.76. The molecule has 1 aliphatic heterocycles. The molecule has 1 atom stereocenters. The normalized spacial score (nSPS) is 20.5. The van der Waals surface area contributed by atoms with Crippen LogP contribution in [-0.4, -0.2) is 59.9 Å². The average molecular weight is 386 g/mol. The highest BCUT2D eigenvalue weighted by atomic mass is 16.2. The SMILES string of the molecule is CC(C)CN(CC(C)C)C(=O)C[C@@H]1C(=O)NCCN1C1Cc2ccccc2C1. The van der Waals surface area contributed by atoms with E-state index in [0.29, 0.717) is 24.4 Å². The van der Waals surface area contributed by atoms with Crippen LogP contribution in [0.1, 0.15) is 45.2 Å². The van der Waals surface area contributed by atoms with Gasteiger partial charge < -0.3 is 10.2 Å². The number of carbonyl (C=O) groups excluding carboxylic acids is 2. The lowest BCUT2D eigenvalue weighted by atomic mass is 10.0. The summed E-state index contributed by atoms with van der Waals surface area (Å²) in [6, 6.07) is 8.49.